The van der Waals surface area contributed by atoms with Gasteiger partial charge in [-0.3, -0.25) is 9.89 Å². The van der Waals surface area contributed by atoms with Gasteiger partial charge in [-0.25, -0.2) is 0 Å². The molecule has 0 spiro atoms. The number of H-pyrrole nitrogens is 1. The third-order valence-electron chi connectivity index (χ3n) is 3.81. The zero-order valence-electron chi connectivity index (χ0n) is 12.2. The molecule has 0 radical (unpaired) electrons. The van der Waals surface area contributed by atoms with Crippen molar-refractivity contribution in [3.8, 4) is 0 Å². The largest absolute Gasteiger partial charge is 0.386 e. The van der Waals surface area contributed by atoms with E-state index in [0.717, 1.165) is 24.2 Å². The van der Waals surface area contributed by atoms with Gasteiger partial charge >= 0.3 is 0 Å². The molecule has 1 aromatic carbocycles. The lowest BCUT2D eigenvalue weighted by Crippen LogP contribution is -2.31. The van der Waals surface area contributed by atoms with E-state index in [1.54, 1.807) is 18.2 Å². The van der Waals surface area contributed by atoms with Crippen LogP contribution in [-0.2, 0) is 13.0 Å². The Morgan fingerprint density at radius 3 is 2.87 bits per heavy atom. The number of carbonyl (C=O) groups is 1. The Balaban J connectivity index is 1.68. The molecule has 1 atom stereocenters. The van der Waals surface area contributed by atoms with Crippen LogP contribution in [0.3, 0.4) is 0 Å². The van der Waals surface area contributed by atoms with Gasteiger partial charge in [-0.2, -0.15) is 5.10 Å². The number of hydrogen-bond acceptors (Lipinski definition) is 4. The molecule has 1 amide bonds. The van der Waals surface area contributed by atoms with Gasteiger partial charge in [-0.05, 0) is 12.1 Å². The number of aromatic nitrogens is 2. The number of aliphatic hydroxyl groups excluding tert-OH is 1. The number of halogens is 2. The number of fused-ring (bicyclic) bond motifs is 1. The Morgan fingerprint density at radius 1 is 1.39 bits per heavy atom. The number of amides is 1. The van der Waals surface area contributed by atoms with Crippen molar-refractivity contribution in [2.75, 3.05) is 13.1 Å². The zero-order valence-corrected chi connectivity index (χ0v) is 13.7. The Bertz CT molecular complexity index is 712. The summed E-state index contributed by atoms with van der Waals surface area (Å²) in [5.41, 5.74) is 2.61. The van der Waals surface area contributed by atoms with Crippen LogP contribution in [0, 0.1) is 0 Å². The number of aliphatic hydroxyl groups is 1. The first-order valence-corrected chi connectivity index (χ1v) is 8.00. The molecule has 8 heteroatoms. The molecule has 3 rings (SSSR count). The number of rotatable bonds is 4. The highest BCUT2D eigenvalue weighted by Crippen LogP contribution is 2.29. The van der Waals surface area contributed by atoms with Crippen molar-refractivity contribution >= 4 is 29.1 Å². The molecule has 0 aliphatic carbocycles. The number of aromatic amines is 1. The van der Waals surface area contributed by atoms with E-state index >= 15 is 0 Å². The van der Waals surface area contributed by atoms with Crippen molar-refractivity contribution in [1.29, 1.82) is 0 Å². The normalized spacial score (nSPS) is 15.1. The quantitative estimate of drug-likeness (QED) is 0.674. The average molecular weight is 355 g/mol. The summed E-state index contributed by atoms with van der Waals surface area (Å²) in [5, 5.41) is 23.8. The van der Waals surface area contributed by atoms with Crippen molar-refractivity contribution in [2.45, 2.75) is 19.1 Å². The average Bonchev–Trinajstić information content (AvgIpc) is 2.96. The SMILES string of the molecule is O=C(NCC(O)c1c(Cl)cccc1Cl)c1n[nH]c2c1CNCC2. The van der Waals surface area contributed by atoms with Crippen LogP contribution in [0.4, 0.5) is 0 Å². The predicted molar refractivity (Wildman–Crippen MR) is 87.8 cm³/mol. The van der Waals surface area contributed by atoms with Crippen LogP contribution in [0.1, 0.15) is 33.4 Å². The fourth-order valence-electron chi connectivity index (χ4n) is 2.62. The van der Waals surface area contributed by atoms with Gasteiger partial charge in [-0.1, -0.05) is 29.3 Å². The molecule has 1 aliphatic rings. The zero-order chi connectivity index (χ0) is 16.4. The second-order valence-corrected chi connectivity index (χ2v) is 6.13. The lowest BCUT2D eigenvalue weighted by molar-refractivity contribution is 0.0910. The van der Waals surface area contributed by atoms with Crippen molar-refractivity contribution in [3.05, 3.63) is 50.8 Å². The van der Waals surface area contributed by atoms with Gasteiger partial charge < -0.3 is 15.7 Å². The van der Waals surface area contributed by atoms with E-state index in [-0.39, 0.29) is 12.5 Å². The molecule has 0 fully saturated rings. The number of nitrogens with one attached hydrogen (secondary N) is 3. The molecule has 0 bridgehead atoms. The van der Waals surface area contributed by atoms with Gasteiger partial charge in [-0.15, -0.1) is 0 Å². The van der Waals surface area contributed by atoms with Crippen molar-refractivity contribution in [2.24, 2.45) is 0 Å². The Kier molecular flexibility index (Phi) is 4.87. The van der Waals surface area contributed by atoms with Crippen molar-refractivity contribution in [3.63, 3.8) is 0 Å². The fraction of sp³-hybridized carbons (Fsp3) is 0.333. The van der Waals surface area contributed by atoms with Gasteiger partial charge in [0.2, 0.25) is 0 Å². The van der Waals surface area contributed by atoms with Crippen LogP contribution in [0.25, 0.3) is 0 Å². The molecule has 0 saturated carbocycles. The first-order chi connectivity index (χ1) is 11.1. The number of benzene rings is 1. The molecule has 0 saturated heterocycles. The second-order valence-electron chi connectivity index (χ2n) is 5.32. The topological polar surface area (TPSA) is 90.0 Å². The number of hydrogen-bond donors (Lipinski definition) is 4. The third kappa shape index (κ3) is 3.35. The summed E-state index contributed by atoms with van der Waals surface area (Å²) < 4.78 is 0. The fourth-order valence-corrected chi connectivity index (χ4v) is 3.27. The van der Waals surface area contributed by atoms with E-state index in [0.29, 0.717) is 27.8 Å². The third-order valence-corrected chi connectivity index (χ3v) is 4.47. The van der Waals surface area contributed by atoms with Gasteiger partial charge in [0.05, 0.1) is 6.10 Å². The van der Waals surface area contributed by atoms with Crippen molar-refractivity contribution in [1.82, 2.24) is 20.8 Å². The van der Waals surface area contributed by atoms with Gasteiger partial charge in [0, 0.05) is 52.9 Å². The maximum atomic E-state index is 12.3. The molecule has 2 aromatic rings. The van der Waals surface area contributed by atoms with Crippen LogP contribution < -0.4 is 10.6 Å². The van der Waals surface area contributed by atoms with Crippen LogP contribution in [0.2, 0.25) is 10.0 Å². The summed E-state index contributed by atoms with van der Waals surface area (Å²) >= 11 is 12.1. The van der Waals surface area contributed by atoms with Crippen LogP contribution in [-0.4, -0.2) is 34.3 Å². The van der Waals surface area contributed by atoms with Gasteiger partial charge in [0.1, 0.15) is 0 Å². The molecular weight excluding hydrogens is 339 g/mol. The summed E-state index contributed by atoms with van der Waals surface area (Å²) in [6, 6.07) is 4.98. The van der Waals surface area contributed by atoms with E-state index in [9.17, 15) is 9.90 Å². The minimum atomic E-state index is -0.993. The number of carbonyl (C=O) groups excluding carboxylic acids is 1. The molecule has 4 N–H and O–H groups in total. The van der Waals surface area contributed by atoms with Gasteiger partial charge in [0.15, 0.2) is 5.69 Å². The highest BCUT2D eigenvalue weighted by molar-refractivity contribution is 6.36. The first kappa shape index (κ1) is 16.3. The molecule has 2 heterocycles. The summed E-state index contributed by atoms with van der Waals surface area (Å²) in [7, 11) is 0. The van der Waals surface area contributed by atoms with Crippen LogP contribution >= 0.6 is 23.2 Å². The van der Waals surface area contributed by atoms with Gasteiger partial charge in [0.25, 0.3) is 5.91 Å². The monoisotopic (exact) mass is 354 g/mol. The van der Waals surface area contributed by atoms with Crippen LogP contribution in [0.5, 0.6) is 0 Å². The van der Waals surface area contributed by atoms with Crippen molar-refractivity contribution < 1.29 is 9.90 Å². The molecular formula is C15H16Cl2N4O2. The lowest BCUT2D eigenvalue weighted by atomic mass is 10.1. The lowest BCUT2D eigenvalue weighted by Gasteiger charge is -2.16. The summed E-state index contributed by atoms with van der Waals surface area (Å²) in [6.07, 6.45) is -0.180. The molecule has 122 valence electrons. The Morgan fingerprint density at radius 2 is 2.13 bits per heavy atom. The predicted octanol–water partition coefficient (Wildman–Crippen LogP) is 1.83. The van der Waals surface area contributed by atoms with E-state index in [4.69, 9.17) is 23.2 Å². The molecule has 1 aliphatic heterocycles. The highest BCUT2D eigenvalue weighted by atomic mass is 35.5. The number of nitrogens with zero attached hydrogens (tertiary/aromatic N) is 1. The standard InChI is InChI=1S/C15H16Cl2N4O2/c16-9-2-1-3-10(17)13(9)12(22)7-19-15(23)14-8-6-18-5-4-11(8)20-21-14/h1-3,12,18,22H,4-7H2,(H,19,23)(H,20,21). The molecule has 6 nitrogen and oxygen atoms in total. The summed E-state index contributed by atoms with van der Waals surface area (Å²) in [6.45, 7) is 1.46. The summed E-state index contributed by atoms with van der Waals surface area (Å²) in [4.78, 5) is 12.3. The maximum Gasteiger partial charge on any atom is 0.272 e. The van der Waals surface area contributed by atoms with Crippen LogP contribution in [0.15, 0.2) is 18.2 Å². The minimum Gasteiger partial charge on any atom is -0.386 e. The molecule has 1 unspecified atom stereocenters. The van der Waals surface area contributed by atoms with E-state index in [1.807, 2.05) is 0 Å². The first-order valence-electron chi connectivity index (χ1n) is 7.25. The molecule has 23 heavy (non-hydrogen) atoms. The minimum absolute atomic E-state index is 0.00263. The Hall–Kier alpha value is -1.60. The maximum absolute atomic E-state index is 12.3. The molecule has 1 aromatic heterocycles. The van der Waals surface area contributed by atoms with E-state index in [2.05, 4.69) is 20.8 Å². The van der Waals surface area contributed by atoms with E-state index < -0.39 is 6.10 Å². The summed E-state index contributed by atoms with van der Waals surface area (Å²) in [5.74, 6) is -0.339. The second kappa shape index (κ2) is 6.88. The highest BCUT2D eigenvalue weighted by Gasteiger charge is 2.23. The smallest absolute Gasteiger partial charge is 0.272 e. The van der Waals surface area contributed by atoms with E-state index in [1.165, 1.54) is 0 Å². The Labute approximate surface area is 143 Å².